The molecule has 0 aliphatic heterocycles. The molecule has 0 heterocycles. The Morgan fingerprint density at radius 2 is 2.13 bits per heavy atom. The van der Waals surface area contributed by atoms with Crippen LogP contribution in [0.25, 0.3) is 6.08 Å². The maximum absolute atomic E-state index is 10.6. The maximum Gasteiger partial charge on any atom is 0.254 e. The predicted molar refractivity (Wildman–Crippen MR) is 52.8 cm³/mol. The van der Waals surface area contributed by atoms with E-state index < -0.39 is 11.8 Å². The van der Waals surface area contributed by atoms with Crippen LogP contribution in [0.3, 0.4) is 0 Å². The van der Waals surface area contributed by atoms with Gasteiger partial charge in [0, 0.05) is 5.56 Å². The molecule has 0 bridgehead atoms. The van der Waals surface area contributed by atoms with Crippen molar-refractivity contribution < 1.29 is 15.3 Å². The van der Waals surface area contributed by atoms with Gasteiger partial charge < -0.3 is 15.3 Å². The lowest BCUT2D eigenvalue weighted by atomic mass is 9.88. The summed E-state index contributed by atoms with van der Waals surface area (Å²) in [5.41, 5.74) is -1.57. The van der Waals surface area contributed by atoms with E-state index in [2.05, 4.69) is 5.18 Å². The van der Waals surface area contributed by atoms with Gasteiger partial charge in [0.1, 0.15) is 11.9 Å². The summed E-state index contributed by atoms with van der Waals surface area (Å²) in [4.78, 5) is 10.6. The van der Waals surface area contributed by atoms with Crippen molar-refractivity contribution in [2.75, 3.05) is 0 Å². The van der Waals surface area contributed by atoms with Gasteiger partial charge in [-0.3, -0.25) is 0 Å². The molecule has 5 heteroatoms. The normalized spacial score (nSPS) is 28.5. The molecule has 0 amide bonds. The van der Waals surface area contributed by atoms with E-state index in [9.17, 15) is 20.2 Å². The molecule has 1 aromatic carbocycles. The molecule has 0 fully saturated rings. The molecule has 0 spiro atoms. The predicted octanol–water partition coefficient (Wildman–Crippen LogP) is 0.691. The van der Waals surface area contributed by atoms with Gasteiger partial charge in [-0.1, -0.05) is 18.2 Å². The molecule has 1 aromatic rings. The number of hydrogen-bond donors (Lipinski definition) is 3. The van der Waals surface area contributed by atoms with E-state index in [1.54, 1.807) is 6.08 Å². The number of rotatable bonds is 1. The van der Waals surface area contributed by atoms with Crippen molar-refractivity contribution in [2.45, 2.75) is 11.8 Å². The summed E-state index contributed by atoms with van der Waals surface area (Å²) in [5.74, 6) is -0.0988. The first-order valence-electron chi connectivity index (χ1n) is 4.34. The van der Waals surface area contributed by atoms with E-state index in [0.717, 1.165) is 0 Å². The monoisotopic (exact) mass is 207 g/mol. The molecule has 15 heavy (non-hydrogen) atoms. The van der Waals surface area contributed by atoms with Crippen LogP contribution in [0, 0.1) is 4.91 Å². The van der Waals surface area contributed by atoms with Crippen LogP contribution < -0.4 is 0 Å². The van der Waals surface area contributed by atoms with Crippen LogP contribution in [0.1, 0.15) is 11.1 Å². The molecule has 5 nitrogen and oxygen atoms in total. The van der Waals surface area contributed by atoms with Crippen LogP contribution in [0.4, 0.5) is 0 Å². The number of aliphatic hydroxyl groups is 2. The Morgan fingerprint density at radius 3 is 2.80 bits per heavy atom. The van der Waals surface area contributed by atoms with Gasteiger partial charge >= 0.3 is 0 Å². The van der Waals surface area contributed by atoms with E-state index in [1.807, 2.05) is 0 Å². The number of nitrogens with zero attached hydrogens (tertiary/aromatic N) is 1. The van der Waals surface area contributed by atoms with Crippen LogP contribution >= 0.6 is 0 Å². The first-order valence-corrected chi connectivity index (χ1v) is 4.34. The summed E-state index contributed by atoms with van der Waals surface area (Å²) < 4.78 is 0. The minimum Gasteiger partial charge on any atom is -0.508 e. The molecular formula is C10H9NO4. The average molecular weight is 207 g/mol. The number of phenols is 1. The fourth-order valence-electron chi connectivity index (χ4n) is 1.60. The molecule has 2 unspecified atom stereocenters. The molecule has 0 saturated carbocycles. The summed E-state index contributed by atoms with van der Waals surface area (Å²) >= 11 is 0. The van der Waals surface area contributed by atoms with Crippen LogP contribution in [0.2, 0.25) is 0 Å². The second kappa shape index (κ2) is 3.15. The highest BCUT2D eigenvalue weighted by atomic mass is 16.4. The Bertz CT molecular complexity index is 443. The maximum atomic E-state index is 10.6. The number of aromatic hydroxyl groups is 1. The molecule has 3 N–H and O–H groups in total. The van der Waals surface area contributed by atoms with E-state index in [-0.39, 0.29) is 11.3 Å². The van der Waals surface area contributed by atoms with E-state index in [4.69, 9.17) is 0 Å². The molecule has 2 rings (SSSR count). The number of nitroso groups, excluding NO2 is 1. The van der Waals surface area contributed by atoms with Gasteiger partial charge in [-0.25, -0.2) is 0 Å². The van der Waals surface area contributed by atoms with Crippen molar-refractivity contribution in [3.05, 3.63) is 40.3 Å². The highest BCUT2D eigenvalue weighted by molar-refractivity contribution is 5.61. The number of fused-ring (bicyclic) bond motifs is 1. The van der Waals surface area contributed by atoms with E-state index >= 15 is 0 Å². The van der Waals surface area contributed by atoms with Gasteiger partial charge in [-0.05, 0) is 22.9 Å². The van der Waals surface area contributed by atoms with Crippen molar-refractivity contribution in [3.8, 4) is 5.75 Å². The summed E-state index contributed by atoms with van der Waals surface area (Å²) in [7, 11) is 0. The summed E-state index contributed by atoms with van der Waals surface area (Å²) in [5, 5.41) is 31.1. The van der Waals surface area contributed by atoms with Crippen molar-refractivity contribution in [2.24, 2.45) is 5.18 Å². The molecule has 2 atom stereocenters. The third-order valence-electron chi connectivity index (χ3n) is 2.44. The first kappa shape index (κ1) is 9.82. The van der Waals surface area contributed by atoms with Gasteiger partial charge in [0.05, 0.1) is 0 Å². The average Bonchev–Trinajstić information content (AvgIpc) is 2.24. The Morgan fingerprint density at radius 1 is 1.40 bits per heavy atom. The molecular weight excluding hydrogens is 198 g/mol. The zero-order valence-corrected chi connectivity index (χ0v) is 7.66. The number of aliphatic hydroxyl groups excluding tert-OH is 1. The first-order chi connectivity index (χ1) is 7.08. The summed E-state index contributed by atoms with van der Waals surface area (Å²) in [6.07, 6.45) is 1.43. The second-order valence-electron chi connectivity index (χ2n) is 3.39. The fraction of sp³-hybridized carbons (Fsp3) is 0.200. The Kier molecular flexibility index (Phi) is 2.06. The molecule has 0 saturated heterocycles. The minimum atomic E-state index is -2.22. The smallest absolute Gasteiger partial charge is 0.254 e. The number of benzene rings is 1. The van der Waals surface area contributed by atoms with Crippen LogP contribution in [0.5, 0.6) is 5.75 Å². The summed E-state index contributed by atoms with van der Waals surface area (Å²) in [6.45, 7) is 0. The van der Waals surface area contributed by atoms with Gasteiger partial charge in [0.15, 0.2) is 0 Å². The van der Waals surface area contributed by atoms with Gasteiger partial charge in [0.2, 0.25) is 0 Å². The van der Waals surface area contributed by atoms with Crippen molar-refractivity contribution in [1.29, 1.82) is 0 Å². The van der Waals surface area contributed by atoms with Gasteiger partial charge in [-0.15, -0.1) is 4.91 Å². The molecule has 78 valence electrons. The zero-order chi connectivity index (χ0) is 11.1. The van der Waals surface area contributed by atoms with Crippen LogP contribution in [0.15, 0.2) is 29.5 Å². The molecule has 0 aromatic heterocycles. The highest BCUT2D eigenvalue weighted by Crippen LogP contribution is 2.36. The highest BCUT2D eigenvalue weighted by Gasteiger charge is 2.42. The standard InChI is InChI=1S/C10H9NO4/c12-7-3-1-6-2-4-9(13)10(14,11-15)8(6)5-7/h1-5,9,12-14H. The number of hydrogen-bond acceptors (Lipinski definition) is 5. The lowest BCUT2D eigenvalue weighted by molar-refractivity contribution is -0.0532. The topological polar surface area (TPSA) is 90.1 Å². The van der Waals surface area contributed by atoms with Crippen molar-refractivity contribution in [3.63, 3.8) is 0 Å². The van der Waals surface area contributed by atoms with Crippen LogP contribution in [-0.2, 0) is 5.72 Å². The minimum absolute atomic E-state index is 0.0988. The number of phenolic OH excluding ortho intramolecular Hbond substituents is 1. The van der Waals surface area contributed by atoms with E-state index in [0.29, 0.717) is 5.56 Å². The third kappa shape index (κ3) is 1.33. The molecule has 1 aliphatic carbocycles. The Labute approximate surface area is 85.3 Å². The lowest BCUT2D eigenvalue weighted by Crippen LogP contribution is -2.38. The fourth-order valence-corrected chi connectivity index (χ4v) is 1.60. The third-order valence-corrected chi connectivity index (χ3v) is 2.44. The van der Waals surface area contributed by atoms with Gasteiger partial charge in [-0.2, -0.15) is 0 Å². The van der Waals surface area contributed by atoms with E-state index in [1.165, 1.54) is 24.3 Å². The summed E-state index contributed by atoms with van der Waals surface area (Å²) in [6, 6.07) is 4.17. The Balaban J connectivity index is 2.67. The Hall–Kier alpha value is -1.72. The second-order valence-corrected chi connectivity index (χ2v) is 3.39. The van der Waals surface area contributed by atoms with Gasteiger partial charge in [0.25, 0.3) is 5.72 Å². The largest absolute Gasteiger partial charge is 0.508 e. The molecule has 1 aliphatic rings. The lowest BCUT2D eigenvalue weighted by Gasteiger charge is -2.28. The SMILES string of the molecule is O=NC1(O)c2cc(O)ccc2C=CC1O. The van der Waals surface area contributed by atoms with Crippen LogP contribution in [-0.4, -0.2) is 21.4 Å². The quantitative estimate of drug-likeness (QED) is 0.591. The molecule has 0 radical (unpaired) electrons. The van der Waals surface area contributed by atoms with Crippen molar-refractivity contribution >= 4 is 6.08 Å². The van der Waals surface area contributed by atoms with Crippen molar-refractivity contribution in [1.82, 2.24) is 0 Å². The zero-order valence-electron chi connectivity index (χ0n) is 7.66.